The Morgan fingerprint density at radius 1 is 1.39 bits per heavy atom. The van der Waals surface area contributed by atoms with Crippen LogP contribution in [-0.4, -0.2) is 45.0 Å². The van der Waals surface area contributed by atoms with Crippen molar-refractivity contribution in [2.24, 2.45) is 0 Å². The molecule has 0 radical (unpaired) electrons. The second-order valence-electron chi connectivity index (χ2n) is 7.27. The van der Waals surface area contributed by atoms with E-state index in [0.717, 1.165) is 0 Å². The Morgan fingerprint density at radius 3 is 3.03 bits per heavy atom. The number of benzene rings is 1. The Balaban J connectivity index is 1.56. The van der Waals surface area contributed by atoms with Gasteiger partial charge in [-0.25, -0.2) is 19.3 Å². The first-order valence-electron chi connectivity index (χ1n) is 9.86. The summed E-state index contributed by atoms with van der Waals surface area (Å²) in [6, 6.07) is 7.99. The molecular formula is C22H21ClFN5O2. The van der Waals surface area contributed by atoms with E-state index in [2.05, 4.69) is 26.8 Å². The van der Waals surface area contributed by atoms with E-state index in [1.54, 1.807) is 29.2 Å². The molecule has 3 heterocycles. The summed E-state index contributed by atoms with van der Waals surface area (Å²) >= 11 is 5.91. The summed E-state index contributed by atoms with van der Waals surface area (Å²) in [6.45, 7) is 6.42. The third-order valence-electron chi connectivity index (χ3n) is 5.18. The van der Waals surface area contributed by atoms with Crippen molar-refractivity contribution in [1.82, 2.24) is 19.9 Å². The van der Waals surface area contributed by atoms with Gasteiger partial charge in [0.1, 0.15) is 23.8 Å². The number of carbonyl (C=O) groups excluding carboxylic acids is 1. The van der Waals surface area contributed by atoms with Crippen LogP contribution in [-0.2, 0) is 4.79 Å². The van der Waals surface area contributed by atoms with Crippen molar-refractivity contribution >= 4 is 34.4 Å². The highest BCUT2D eigenvalue weighted by Gasteiger charge is 2.26. The Hall–Kier alpha value is -3.26. The molecule has 2 aromatic heterocycles. The van der Waals surface area contributed by atoms with E-state index in [4.69, 9.17) is 16.3 Å². The molecule has 0 bridgehead atoms. The second-order valence-corrected chi connectivity index (χ2v) is 7.67. The van der Waals surface area contributed by atoms with Crippen molar-refractivity contribution in [3.05, 3.63) is 65.7 Å². The maximum atomic E-state index is 14.4. The Bertz CT molecular complexity index is 1140. The van der Waals surface area contributed by atoms with Crippen molar-refractivity contribution in [3.63, 3.8) is 0 Å². The topological polar surface area (TPSA) is 80.2 Å². The van der Waals surface area contributed by atoms with E-state index in [1.807, 2.05) is 6.92 Å². The van der Waals surface area contributed by atoms with Gasteiger partial charge in [-0.05, 0) is 25.1 Å². The molecule has 2 atom stereocenters. The Kier molecular flexibility index (Phi) is 5.99. The number of halogens is 2. The van der Waals surface area contributed by atoms with Gasteiger partial charge in [0, 0.05) is 24.6 Å². The minimum absolute atomic E-state index is 0.0630. The first kappa shape index (κ1) is 21.0. The number of rotatable bonds is 6. The van der Waals surface area contributed by atoms with Crippen LogP contribution in [0.1, 0.15) is 24.9 Å². The van der Waals surface area contributed by atoms with Gasteiger partial charge in [-0.15, -0.1) is 0 Å². The van der Waals surface area contributed by atoms with Gasteiger partial charge < -0.3 is 15.0 Å². The van der Waals surface area contributed by atoms with E-state index in [1.165, 1.54) is 18.5 Å². The third kappa shape index (κ3) is 4.44. The van der Waals surface area contributed by atoms with Gasteiger partial charge in [0.2, 0.25) is 11.8 Å². The van der Waals surface area contributed by atoms with Crippen LogP contribution < -0.4 is 10.1 Å². The number of likely N-dealkylation sites (tertiary alicyclic amines) is 1. The molecule has 1 aromatic carbocycles. The highest BCUT2D eigenvalue weighted by atomic mass is 35.5. The molecule has 1 aliphatic rings. The Labute approximate surface area is 183 Å². The number of anilines is 1. The summed E-state index contributed by atoms with van der Waals surface area (Å²) in [4.78, 5) is 26.6. The summed E-state index contributed by atoms with van der Waals surface area (Å²) in [5.74, 6) is 0.279. The largest absolute Gasteiger partial charge is 0.472 e. The summed E-state index contributed by atoms with van der Waals surface area (Å²) < 4.78 is 20.4. The van der Waals surface area contributed by atoms with Gasteiger partial charge in [-0.2, -0.15) is 0 Å². The fourth-order valence-electron chi connectivity index (χ4n) is 3.56. The van der Waals surface area contributed by atoms with Gasteiger partial charge in [0.05, 0.1) is 23.1 Å². The quantitative estimate of drug-likeness (QED) is 0.579. The molecule has 1 amide bonds. The lowest BCUT2D eigenvalue weighted by Gasteiger charge is -2.18. The minimum atomic E-state index is -0.473. The van der Waals surface area contributed by atoms with Crippen molar-refractivity contribution in [1.29, 1.82) is 0 Å². The molecule has 3 aromatic rings. The number of nitrogens with zero attached hydrogens (tertiary/aromatic N) is 4. The maximum absolute atomic E-state index is 14.4. The van der Waals surface area contributed by atoms with Crippen LogP contribution in [0.25, 0.3) is 11.0 Å². The molecule has 9 heteroatoms. The number of hydrogen-bond donors (Lipinski definition) is 1. The monoisotopic (exact) mass is 441 g/mol. The van der Waals surface area contributed by atoms with Crippen molar-refractivity contribution in [3.8, 4) is 5.88 Å². The standard InChI is InChI=1S/C22H21ClFN5O2/c1-3-19(30)29-10-9-14(11-29)31-18-8-7-17-21(28-18)22(26-12-25-17)27-13(2)15-5-4-6-16(23)20(15)24/h3-8,12-14H,1,9-11H2,2H3,(H,25,26,27)/t13-,14+/m1/s1. The second kappa shape index (κ2) is 8.85. The normalized spacial score (nSPS) is 16.9. The smallest absolute Gasteiger partial charge is 0.246 e. The predicted octanol–water partition coefficient (Wildman–Crippen LogP) is 4.16. The molecule has 1 N–H and O–H groups in total. The van der Waals surface area contributed by atoms with Gasteiger partial charge >= 0.3 is 0 Å². The summed E-state index contributed by atoms with van der Waals surface area (Å²) in [6.07, 6.45) is 3.27. The van der Waals surface area contributed by atoms with Crippen LogP contribution >= 0.6 is 11.6 Å². The fraction of sp³-hybridized carbons (Fsp3) is 0.273. The lowest BCUT2D eigenvalue weighted by molar-refractivity contribution is -0.125. The fourth-order valence-corrected chi connectivity index (χ4v) is 3.74. The number of amides is 1. The molecule has 0 saturated carbocycles. The summed E-state index contributed by atoms with van der Waals surface area (Å²) in [7, 11) is 0. The van der Waals surface area contributed by atoms with Crippen LogP contribution in [0.2, 0.25) is 5.02 Å². The lowest BCUT2D eigenvalue weighted by atomic mass is 10.1. The van der Waals surface area contributed by atoms with Crippen LogP contribution in [0.15, 0.2) is 49.3 Å². The van der Waals surface area contributed by atoms with Crippen LogP contribution in [0.3, 0.4) is 0 Å². The number of hydrogen-bond acceptors (Lipinski definition) is 6. The molecule has 1 saturated heterocycles. The van der Waals surface area contributed by atoms with E-state index in [-0.39, 0.29) is 17.0 Å². The highest BCUT2D eigenvalue weighted by molar-refractivity contribution is 6.30. The average molecular weight is 442 g/mol. The van der Waals surface area contributed by atoms with E-state index >= 15 is 0 Å². The molecular weight excluding hydrogens is 421 g/mol. The highest BCUT2D eigenvalue weighted by Crippen LogP contribution is 2.28. The zero-order valence-corrected chi connectivity index (χ0v) is 17.6. The van der Waals surface area contributed by atoms with Crippen LogP contribution in [0.5, 0.6) is 5.88 Å². The third-order valence-corrected chi connectivity index (χ3v) is 5.47. The first-order chi connectivity index (χ1) is 15.0. The minimum Gasteiger partial charge on any atom is -0.472 e. The van der Waals surface area contributed by atoms with Gasteiger partial charge in [0.25, 0.3) is 0 Å². The van der Waals surface area contributed by atoms with Gasteiger partial charge in [0.15, 0.2) is 5.82 Å². The summed E-state index contributed by atoms with van der Waals surface area (Å²) in [5.41, 5.74) is 1.55. The number of aromatic nitrogens is 3. The molecule has 4 rings (SSSR count). The predicted molar refractivity (Wildman–Crippen MR) is 117 cm³/mol. The number of fused-ring (bicyclic) bond motifs is 1. The molecule has 0 unspecified atom stereocenters. The number of carbonyl (C=O) groups is 1. The molecule has 31 heavy (non-hydrogen) atoms. The van der Waals surface area contributed by atoms with E-state index in [9.17, 15) is 9.18 Å². The average Bonchev–Trinajstić information content (AvgIpc) is 3.24. The summed E-state index contributed by atoms with van der Waals surface area (Å²) in [5, 5.41) is 3.25. The SMILES string of the molecule is C=CC(=O)N1CC[C@H](Oc2ccc3ncnc(N[C@H](C)c4cccc(Cl)c4F)c3n2)C1. The molecule has 0 spiro atoms. The van der Waals surface area contributed by atoms with E-state index in [0.29, 0.717) is 47.8 Å². The molecule has 160 valence electrons. The van der Waals surface area contributed by atoms with Crippen molar-refractivity contribution < 1.29 is 13.9 Å². The van der Waals surface area contributed by atoms with Crippen molar-refractivity contribution in [2.45, 2.75) is 25.5 Å². The maximum Gasteiger partial charge on any atom is 0.246 e. The van der Waals surface area contributed by atoms with E-state index < -0.39 is 11.9 Å². The van der Waals surface area contributed by atoms with Crippen LogP contribution in [0, 0.1) is 5.82 Å². The Morgan fingerprint density at radius 2 is 2.23 bits per heavy atom. The zero-order valence-electron chi connectivity index (χ0n) is 16.9. The number of pyridine rings is 1. The first-order valence-corrected chi connectivity index (χ1v) is 10.2. The molecule has 1 fully saturated rings. The van der Waals surface area contributed by atoms with Gasteiger partial charge in [-0.3, -0.25) is 4.79 Å². The number of nitrogens with one attached hydrogen (secondary N) is 1. The number of ether oxygens (including phenoxy) is 1. The molecule has 1 aliphatic heterocycles. The zero-order chi connectivity index (χ0) is 22.0. The molecule has 0 aliphatic carbocycles. The van der Waals surface area contributed by atoms with Crippen molar-refractivity contribution in [2.75, 3.05) is 18.4 Å². The molecule has 7 nitrogen and oxygen atoms in total. The lowest BCUT2D eigenvalue weighted by Crippen LogP contribution is -2.29. The van der Waals surface area contributed by atoms with Gasteiger partial charge in [-0.1, -0.05) is 30.3 Å². The van der Waals surface area contributed by atoms with Crippen LogP contribution in [0.4, 0.5) is 10.2 Å².